The molecule has 0 aliphatic rings. The smallest absolute Gasteiger partial charge is 0.205 e. The van der Waals surface area contributed by atoms with Gasteiger partial charge in [-0.05, 0) is 6.92 Å². The van der Waals surface area contributed by atoms with E-state index in [1.165, 1.54) is 6.92 Å². The highest BCUT2D eigenvalue weighted by atomic mass is 35.5. The predicted molar refractivity (Wildman–Crippen MR) is 24.3 cm³/mol. The summed E-state index contributed by atoms with van der Waals surface area (Å²) in [6.45, 7) is 0.572. The second-order valence-electron chi connectivity index (χ2n) is 1.20. The minimum absolute atomic E-state index is 0.595. The van der Waals surface area contributed by atoms with Gasteiger partial charge in [-0.25, -0.2) is 4.79 Å². The van der Waals surface area contributed by atoms with Crippen molar-refractivity contribution in [2.24, 2.45) is 0 Å². The van der Waals surface area contributed by atoms with E-state index in [4.69, 9.17) is 0 Å². The molecule has 0 saturated heterocycles. The summed E-state index contributed by atoms with van der Waals surface area (Å²) in [5, 5.41) is -1.65. The van der Waals surface area contributed by atoms with Crippen molar-refractivity contribution in [3.8, 4) is 0 Å². The molecule has 48 valence electrons. The predicted octanol–water partition coefficient (Wildman–Crippen LogP) is 1.95. The van der Waals surface area contributed by atoms with E-state index in [1.54, 1.807) is 0 Å². The fraction of sp³-hybridized carbons (Fsp3) is 0.667. The molecule has 0 rings (SSSR count). The molecule has 0 N–H and O–H groups in total. The SMILES string of the molecule is CC[N+](F)(F)C(=O)Cl. The molecule has 2 nitrogen and oxygen atoms in total. The third kappa shape index (κ3) is 1.71. The van der Waals surface area contributed by atoms with Crippen LogP contribution in [-0.2, 0) is 0 Å². The molecular formula is C3H5ClF2NO+. The van der Waals surface area contributed by atoms with Gasteiger partial charge in [-0.15, -0.1) is 0 Å². The van der Waals surface area contributed by atoms with Gasteiger partial charge in [0.15, 0.2) is 6.54 Å². The molecule has 0 aliphatic heterocycles. The molecule has 0 saturated carbocycles. The maximum absolute atomic E-state index is 11.7. The largest absolute Gasteiger partial charge is 0.489 e. The number of carbonyl (C=O) groups excluding carboxylic acids is 1. The van der Waals surface area contributed by atoms with Crippen LogP contribution in [-0.4, -0.2) is 16.8 Å². The molecule has 0 atom stereocenters. The second-order valence-corrected chi connectivity index (χ2v) is 1.52. The Balaban J connectivity index is 3.91. The summed E-state index contributed by atoms with van der Waals surface area (Å²) < 4.78 is 23.5. The summed E-state index contributed by atoms with van der Waals surface area (Å²) in [7, 11) is 0. The number of quaternary nitrogens is 1. The lowest BCUT2D eigenvalue weighted by molar-refractivity contribution is -1.10. The summed E-state index contributed by atoms with van der Waals surface area (Å²) in [6.07, 6.45) is 0. The monoisotopic (exact) mass is 144 g/mol. The first-order valence-corrected chi connectivity index (χ1v) is 2.36. The van der Waals surface area contributed by atoms with Gasteiger partial charge in [0.2, 0.25) is 0 Å². The molecule has 8 heavy (non-hydrogen) atoms. The normalized spacial score (nSPS) is 11.5. The molecule has 5 heteroatoms. The van der Waals surface area contributed by atoms with Crippen molar-refractivity contribution >= 4 is 17.0 Å². The van der Waals surface area contributed by atoms with Crippen molar-refractivity contribution in [3.63, 3.8) is 0 Å². The van der Waals surface area contributed by atoms with E-state index < -0.39 is 16.8 Å². The molecule has 0 aromatic rings. The zero-order valence-corrected chi connectivity index (χ0v) is 4.95. The maximum atomic E-state index is 11.7. The van der Waals surface area contributed by atoms with Gasteiger partial charge in [-0.1, -0.05) is 0 Å². The quantitative estimate of drug-likeness (QED) is 0.312. The standard InChI is InChI=1S/C3H5ClF2NO/c1-2-7(5,6)3(4)8/h2H2,1H3/q+1. The molecule has 0 unspecified atom stereocenters. The highest BCUT2D eigenvalue weighted by molar-refractivity contribution is 6.60. The van der Waals surface area contributed by atoms with Crippen LogP contribution in [0, 0.1) is 0 Å². The topological polar surface area (TPSA) is 17.1 Å². The minimum Gasteiger partial charge on any atom is -0.205 e. The van der Waals surface area contributed by atoms with Crippen LogP contribution in [0.25, 0.3) is 0 Å². The van der Waals surface area contributed by atoms with E-state index in [9.17, 15) is 13.8 Å². The number of hydrogen-bond donors (Lipinski definition) is 0. The van der Waals surface area contributed by atoms with Crippen LogP contribution in [0.3, 0.4) is 0 Å². The van der Waals surface area contributed by atoms with E-state index in [-0.39, 0.29) is 0 Å². The number of halogens is 3. The highest BCUT2D eigenvalue weighted by Gasteiger charge is 2.37. The van der Waals surface area contributed by atoms with Gasteiger partial charge < -0.3 is 0 Å². The van der Waals surface area contributed by atoms with Gasteiger partial charge in [0.25, 0.3) is 0 Å². The Bertz CT molecular complexity index is 105. The highest BCUT2D eigenvalue weighted by Crippen LogP contribution is 2.12. The van der Waals surface area contributed by atoms with Gasteiger partial charge in [0.05, 0.1) is 8.96 Å². The first kappa shape index (κ1) is 7.78. The summed E-state index contributed by atoms with van der Waals surface area (Å²) >= 11 is 4.45. The molecule has 0 aromatic carbocycles. The van der Waals surface area contributed by atoms with Crippen molar-refractivity contribution in [3.05, 3.63) is 0 Å². The van der Waals surface area contributed by atoms with Gasteiger partial charge >= 0.3 is 5.37 Å². The fourth-order valence-corrected chi connectivity index (χ4v) is 0.244. The van der Waals surface area contributed by atoms with E-state index >= 15 is 0 Å². The molecule has 0 heterocycles. The summed E-state index contributed by atoms with van der Waals surface area (Å²) in [5.41, 5.74) is 0. The van der Waals surface area contributed by atoms with E-state index in [1.807, 2.05) is 0 Å². The van der Waals surface area contributed by atoms with Crippen molar-refractivity contribution in [1.82, 2.24) is 0 Å². The molecular weight excluding hydrogens is 139 g/mol. The molecule has 0 spiro atoms. The van der Waals surface area contributed by atoms with E-state index in [0.29, 0.717) is 0 Å². The number of carbonyl (C=O) groups is 1. The van der Waals surface area contributed by atoms with Crippen molar-refractivity contribution < 1.29 is 18.7 Å². The first-order chi connectivity index (χ1) is 3.50. The second kappa shape index (κ2) is 2.37. The third-order valence-corrected chi connectivity index (χ3v) is 0.902. The van der Waals surface area contributed by atoms with Crippen molar-refractivity contribution in [1.29, 1.82) is 0 Å². The molecule has 0 fully saturated rings. The van der Waals surface area contributed by atoms with Crippen LogP contribution < -0.4 is 0 Å². The lowest BCUT2D eigenvalue weighted by atomic mass is 10.7. The minimum atomic E-state index is -2.75. The summed E-state index contributed by atoms with van der Waals surface area (Å²) in [5.74, 6) is 0. The number of amides is 1. The average molecular weight is 145 g/mol. The lowest BCUT2D eigenvalue weighted by Crippen LogP contribution is -2.31. The Morgan fingerprint density at radius 2 is 2.12 bits per heavy atom. The van der Waals surface area contributed by atoms with Crippen LogP contribution in [0.4, 0.5) is 13.8 Å². The lowest BCUT2D eigenvalue weighted by Gasteiger charge is -2.01. The van der Waals surface area contributed by atoms with Crippen LogP contribution >= 0.6 is 11.6 Å². The Morgan fingerprint density at radius 1 is 1.75 bits per heavy atom. The van der Waals surface area contributed by atoms with Gasteiger partial charge in [0, 0.05) is 11.6 Å². The summed E-state index contributed by atoms with van der Waals surface area (Å²) in [6, 6.07) is 0. The number of rotatable bonds is 1. The van der Waals surface area contributed by atoms with Crippen molar-refractivity contribution in [2.75, 3.05) is 6.54 Å². The maximum Gasteiger partial charge on any atom is 0.489 e. The van der Waals surface area contributed by atoms with Gasteiger partial charge in [0.1, 0.15) is 4.93 Å². The Kier molecular flexibility index (Phi) is 2.30. The molecule has 0 bridgehead atoms. The molecule has 0 radical (unpaired) electrons. The van der Waals surface area contributed by atoms with Crippen LogP contribution in [0.15, 0.2) is 0 Å². The Hall–Kier alpha value is -0.220. The van der Waals surface area contributed by atoms with E-state index in [2.05, 4.69) is 11.6 Å². The number of hydrogen-bond acceptors (Lipinski definition) is 1. The number of nitrogens with zero attached hydrogens (tertiary/aromatic N) is 1. The van der Waals surface area contributed by atoms with Crippen LogP contribution in [0.1, 0.15) is 6.92 Å². The Morgan fingerprint density at radius 3 is 2.12 bits per heavy atom. The average Bonchev–Trinajstić information content (AvgIpc) is 1.67. The van der Waals surface area contributed by atoms with Gasteiger partial charge in [-0.2, -0.15) is 0 Å². The zero-order valence-electron chi connectivity index (χ0n) is 4.20. The fourth-order valence-electron chi connectivity index (χ4n) is 0.124. The Labute approximate surface area is 50.1 Å². The molecule has 0 aliphatic carbocycles. The first-order valence-electron chi connectivity index (χ1n) is 1.98. The van der Waals surface area contributed by atoms with E-state index in [0.717, 1.165) is 0 Å². The van der Waals surface area contributed by atoms with Crippen molar-refractivity contribution in [2.45, 2.75) is 6.92 Å². The molecule has 1 amide bonds. The molecule has 0 aromatic heterocycles. The van der Waals surface area contributed by atoms with Crippen LogP contribution in [0.5, 0.6) is 0 Å². The third-order valence-electron chi connectivity index (χ3n) is 0.654. The zero-order chi connectivity index (χ0) is 6.78. The van der Waals surface area contributed by atoms with Crippen LogP contribution in [0.2, 0.25) is 0 Å². The van der Waals surface area contributed by atoms with Gasteiger partial charge in [-0.3, -0.25) is 0 Å². The summed E-state index contributed by atoms with van der Waals surface area (Å²) in [4.78, 5) is 6.94.